The summed E-state index contributed by atoms with van der Waals surface area (Å²) in [6.45, 7) is 1.71. The predicted molar refractivity (Wildman–Crippen MR) is 72.0 cm³/mol. The fraction of sp³-hybridized carbons (Fsp3) is 0.0769. The first-order chi connectivity index (χ1) is 9.38. The van der Waals surface area contributed by atoms with Gasteiger partial charge in [-0.05, 0) is 25.1 Å². The minimum atomic E-state index is -1.16. The van der Waals surface area contributed by atoms with Crippen LogP contribution in [0.4, 0.5) is 9.39 Å². The number of hydrogen-bond donors (Lipinski definition) is 3. The van der Waals surface area contributed by atoms with Crippen LogP contribution in [0, 0.1) is 12.7 Å². The first-order valence-corrected chi connectivity index (χ1v) is 6.33. The molecule has 3 N–H and O–H groups in total. The highest BCUT2D eigenvalue weighted by molar-refractivity contribution is 7.16. The molecule has 0 radical (unpaired) electrons. The number of halogens is 1. The van der Waals surface area contributed by atoms with Gasteiger partial charge >= 0.3 is 5.97 Å². The smallest absolute Gasteiger partial charge is 0.338 e. The molecule has 2 rings (SSSR count). The van der Waals surface area contributed by atoms with Crippen molar-refractivity contribution < 1.29 is 24.2 Å². The number of anilines is 1. The second-order valence-corrected chi connectivity index (χ2v) is 5.28. The molecule has 1 heterocycles. The molecule has 1 aromatic carbocycles. The molecular weight excluding hydrogens is 285 g/mol. The van der Waals surface area contributed by atoms with Crippen molar-refractivity contribution in [3.05, 3.63) is 46.1 Å². The van der Waals surface area contributed by atoms with Crippen LogP contribution in [-0.2, 0) is 0 Å². The topological polar surface area (TPSA) is 86.6 Å². The number of carbonyl (C=O) groups is 2. The molecule has 0 saturated heterocycles. The first kappa shape index (κ1) is 14.0. The number of carbonyl (C=O) groups excluding carboxylic acids is 1. The molecule has 1 aromatic heterocycles. The fourth-order valence-corrected chi connectivity index (χ4v) is 2.53. The molecule has 0 aliphatic heterocycles. The zero-order chi connectivity index (χ0) is 14.9. The molecule has 0 saturated carbocycles. The normalized spacial score (nSPS) is 10.3. The van der Waals surface area contributed by atoms with Crippen molar-refractivity contribution in [2.75, 3.05) is 5.32 Å². The third-order valence-corrected chi connectivity index (χ3v) is 3.48. The number of thiophene rings is 1. The van der Waals surface area contributed by atoms with Crippen LogP contribution in [-0.4, -0.2) is 22.1 Å². The molecular formula is C13H10FNO4S. The van der Waals surface area contributed by atoms with E-state index in [0.29, 0.717) is 0 Å². The molecule has 0 unspecified atom stereocenters. The maximum atomic E-state index is 12.8. The van der Waals surface area contributed by atoms with Gasteiger partial charge in [0.2, 0.25) is 0 Å². The lowest BCUT2D eigenvalue weighted by Gasteiger charge is -2.06. The number of aromatic hydroxyl groups is 1. The highest BCUT2D eigenvalue weighted by Gasteiger charge is 2.18. The van der Waals surface area contributed by atoms with E-state index >= 15 is 0 Å². The van der Waals surface area contributed by atoms with Crippen LogP contribution in [0.2, 0.25) is 0 Å². The van der Waals surface area contributed by atoms with Crippen molar-refractivity contribution in [3.8, 4) is 5.75 Å². The molecule has 5 nitrogen and oxygen atoms in total. The molecule has 0 fully saturated rings. The van der Waals surface area contributed by atoms with Crippen LogP contribution in [0.15, 0.2) is 24.3 Å². The second-order valence-electron chi connectivity index (χ2n) is 4.02. The van der Waals surface area contributed by atoms with E-state index in [-0.39, 0.29) is 16.1 Å². The number of rotatable bonds is 3. The average molecular weight is 295 g/mol. The number of phenolic OH excluding ortho intramolecular Hbond substituents is 1. The van der Waals surface area contributed by atoms with Gasteiger partial charge in [-0.3, -0.25) is 4.79 Å². The number of benzene rings is 1. The van der Waals surface area contributed by atoms with E-state index in [1.807, 2.05) is 0 Å². The van der Waals surface area contributed by atoms with Crippen molar-refractivity contribution in [1.29, 1.82) is 0 Å². The maximum Gasteiger partial charge on any atom is 0.338 e. The minimum absolute atomic E-state index is 0.0255. The summed E-state index contributed by atoms with van der Waals surface area (Å²) in [5.74, 6) is -3.04. The lowest BCUT2D eigenvalue weighted by atomic mass is 10.2. The fourth-order valence-electron chi connectivity index (χ4n) is 1.63. The summed E-state index contributed by atoms with van der Waals surface area (Å²) in [6.07, 6.45) is 0. The Labute approximate surface area is 117 Å². The molecule has 2 aromatic rings. The average Bonchev–Trinajstić information content (AvgIpc) is 2.70. The number of nitrogens with one attached hydrogen (secondary N) is 1. The van der Waals surface area contributed by atoms with Gasteiger partial charge in [0.05, 0.1) is 11.1 Å². The number of hydrogen-bond acceptors (Lipinski definition) is 4. The van der Waals surface area contributed by atoms with Crippen LogP contribution < -0.4 is 5.32 Å². The van der Waals surface area contributed by atoms with Gasteiger partial charge in [0, 0.05) is 10.9 Å². The van der Waals surface area contributed by atoms with Crippen molar-refractivity contribution in [2.45, 2.75) is 6.92 Å². The number of amides is 1. The molecule has 20 heavy (non-hydrogen) atoms. The summed E-state index contributed by atoms with van der Waals surface area (Å²) in [6, 6.07) is 4.41. The number of carboxylic acids is 1. The number of carboxylic acid groups (broad SMARTS) is 1. The lowest BCUT2D eigenvalue weighted by Crippen LogP contribution is -2.13. The zero-order valence-corrected chi connectivity index (χ0v) is 11.1. The van der Waals surface area contributed by atoms with Gasteiger partial charge in [-0.25, -0.2) is 9.18 Å². The molecule has 0 aliphatic rings. The highest BCUT2D eigenvalue weighted by atomic mass is 32.1. The Morgan fingerprint density at radius 1 is 1.25 bits per heavy atom. The molecule has 7 heteroatoms. The Balaban J connectivity index is 2.30. The van der Waals surface area contributed by atoms with Crippen LogP contribution >= 0.6 is 11.3 Å². The van der Waals surface area contributed by atoms with Gasteiger partial charge in [0.1, 0.15) is 16.6 Å². The van der Waals surface area contributed by atoms with Crippen LogP contribution in [0.25, 0.3) is 0 Å². The van der Waals surface area contributed by atoms with Gasteiger partial charge in [0.25, 0.3) is 5.91 Å². The van der Waals surface area contributed by atoms with E-state index in [1.54, 1.807) is 6.92 Å². The monoisotopic (exact) mass is 295 g/mol. The third-order valence-electron chi connectivity index (χ3n) is 2.52. The summed E-state index contributed by atoms with van der Waals surface area (Å²) in [7, 11) is 0. The quantitative estimate of drug-likeness (QED) is 0.812. The van der Waals surface area contributed by atoms with E-state index in [4.69, 9.17) is 5.11 Å². The highest BCUT2D eigenvalue weighted by Crippen LogP contribution is 2.29. The van der Waals surface area contributed by atoms with Gasteiger partial charge < -0.3 is 15.5 Å². The van der Waals surface area contributed by atoms with Gasteiger partial charge in [0.15, 0.2) is 0 Å². The summed E-state index contributed by atoms with van der Waals surface area (Å²) in [5, 5.41) is 21.1. The summed E-state index contributed by atoms with van der Waals surface area (Å²) < 4.78 is 12.8. The Morgan fingerprint density at radius 3 is 2.55 bits per heavy atom. The van der Waals surface area contributed by atoms with E-state index in [9.17, 15) is 19.1 Å². The summed E-state index contributed by atoms with van der Waals surface area (Å²) in [5.41, 5.74) is -0.156. The number of aryl methyl sites for hydroxylation is 1. The van der Waals surface area contributed by atoms with Crippen LogP contribution in [0.3, 0.4) is 0 Å². The standard InChI is InChI=1S/C13H10FNO4S/c1-6-4-9(13(18)19)12(20-6)15-11(17)8-3-2-7(14)5-10(8)16/h2-5,16H,1H3,(H,15,17)(H,18,19). The molecule has 0 aliphatic carbocycles. The second kappa shape index (κ2) is 5.30. The van der Waals surface area contributed by atoms with Gasteiger partial charge in [-0.2, -0.15) is 0 Å². The van der Waals surface area contributed by atoms with Crippen LogP contribution in [0.1, 0.15) is 25.6 Å². The summed E-state index contributed by atoms with van der Waals surface area (Å²) in [4.78, 5) is 23.7. The maximum absolute atomic E-state index is 12.8. The van der Waals surface area contributed by atoms with E-state index in [0.717, 1.165) is 34.4 Å². The van der Waals surface area contributed by atoms with Crippen LogP contribution in [0.5, 0.6) is 5.75 Å². The number of phenols is 1. The summed E-state index contributed by atoms with van der Waals surface area (Å²) >= 11 is 1.11. The van der Waals surface area contributed by atoms with Gasteiger partial charge in [-0.1, -0.05) is 0 Å². The Hall–Kier alpha value is -2.41. The number of aromatic carboxylic acids is 1. The first-order valence-electron chi connectivity index (χ1n) is 5.52. The molecule has 0 spiro atoms. The molecule has 1 amide bonds. The molecule has 0 bridgehead atoms. The Kier molecular flexibility index (Phi) is 3.71. The lowest BCUT2D eigenvalue weighted by molar-refractivity contribution is 0.0698. The van der Waals surface area contributed by atoms with Crippen molar-refractivity contribution >= 4 is 28.2 Å². The van der Waals surface area contributed by atoms with Crippen molar-refractivity contribution in [2.24, 2.45) is 0 Å². The van der Waals surface area contributed by atoms with E-state index < -0.39 is 23.4 Å². The Bertz CT molecular complexity index is 696. The Morgan fingerprint density at radius 2 is 1.95 bits per heavy atom. The SMILES string of the molecule is Cc1cc(C(=O)O)c(NC(=O)c2ccc(F)cc2O)s1. The minimum Gasteiger partial charge on any atom is -0.507 e. The van der Waals surface area contributed by atoms with E-state index in [1.165, 1.54) is 6.07 Å². The predicted octanol–water partition coefficient (Wildman–Crippen LogP) is 2.85. The zero-order valence-electron chi connectivity index (χ0n) is 10.3. The van der Waals surface area contributed by atoms with Crippen molar-refractivity contribution in [1.82, 2.24) is 0 Å². The van der Waals surface area contributed by atoms with Crippen molar-refractivity contribution in [3.63, 3.8) is 0 Å². The largest absolute Gasteiger partial charge is 0.507 e. The third kappa shape index (κ3) is 2.77. The molecule has 104 valence electrons. The molecule has 0 atom stereocenters. The van der Waals surface area contributed by atoms with E-state index in [2.05, 4.69) is 5.32 Å². The van der Waals surface area contributed by atoms with Gasteiger partial charge in [-0.15, -0.1) is 11.3 Å².